The van der Waals surface area contributed by atoms with Gasteiger partial charge in [-0.2, -0.15) is 5.09 Å². The molecular formula is C17H21N2O5P. The van der Waals surface area contributed by atoms with Crippen molar-refractivity contribution < 1.29 is 23.1 Å². The van der Waals surface area contributed by atoms with Gasteiger partial charge in [-0.15, -0.1) is 0 Å². The maximum Gasteiger partial charge on any atom is 0.513 e. The molecule has 2 atom stereocenters. The van der Waals surface area contributed by atoms with Gasteiger partial charge in [-0.05, 0) is 45.0 Å². The number of para-hydroxylation sites is 1. The predicted molar refractivity (Wildman–Crippen MR) is 93.4 cm³/mol. The second-order valence-electron chi connectivity index (χ2n) is 5.52. The van der Waals surface area contributed by atoms with Gasteiger partial charge in [0.25, 0.3) is 0 Å². The number of aromatic nitrogens is 1. The number of hydrogen-bond acceptors (Lipinski definition) is 6. The highest BCUT2D eigenvalue weighted by atomic mass is 31.2. The lowest BCUT2D eigenvalue weighted by Gasteiger charge is -2.23. The minimum absolute atomic E-state index is 0.249. The maximum atomic E-state index is 13.2. The fraction of sp³-hybridized carbons (Fsp3) is 0.294. The highest BCUT2D eigenvalue weighted by molar-refractivity contribution is 7.52. The van der Waals surface area contributed by atoms with E-state index >= 15 is 0 Å². The Bertz CT molecular complexity index is 679. The van der Waals surface area contributed by atoms with Gasteiger partial charge in [-0.1, -0.05) is 18.2 Å². The molecule has 1 aromatic heterocycles. The molecule has 0 radical (unpaired) electrons. The van der Waals surface area contributed by atoms with E-state index in [9.17, 15) is 9.36 Å². The first kappa shape index (κ1) is 19.0. The molecular weight excluding hydrogens is 343 g/mol. The third kappa shape index (κ3) is 6.21. The maximum absolute atomic E-state index is 13.2. The molecule has 134 valence electrons. The van der Waals surface area contributed by atoms with Crippen LogP contribution in [-0.4, -0.2) is 23.1 Å². The van der Waals surface area contributed by atoms with Crippen LogP contribution in [-0.2, 0) is 14.1 Å². The minimum atomic E-state index is -3.91. The molecule has 25 heavy (non-hydrogen) atoms. The summed E-state index contributed by atoms with van der Waals surface area (Å²) in [6, 6.07) is 10.9. The van der Waals surface area contributed by atoms with E-state index in [0.717, 1.165) is 0 Å². The van der Waals surface area contributed by atoms with Gasteiger partial charge in [0, 0.05) is 6.20 Å². The van der Waals surface area contributed by atoms with Gasteiger partial charge in [-0.25, -0.2) is 4.57 Å². The van der Waals surface area contributed by atoms with Crippen molar-refractivity contribution in [3.63, 3.8) is 0 Å². The molecule has 1 unspecified atom stereocenters. The summed E-state index contributed by atoms with van der Waals surface area (Å²) in [6.45, 7) is 4.99. The normalized spacial score (nSPS) is 14.4. The van der Waals surface area contributed by atoms with Crippen LogP contribution in [0.5, 0.6) is 11.5 Å². The smallest absolute Gasteiger partial charge is 0.462 e. The number of nitrogens with one attached hydrogen (secondary N) is 1. The van der Waals surface area contributed by atoms with Gasteiger partial charge in [-0.3, -0.25) is 9.78 Å². The summed E-state index contributed by atoms with van der Waals surface area (Å²) >= 11 is 0. The van der Waals surface area contributed by atoms with Crippen LogP contribution in [0.15, 0.2) is 54.9 Å². The van der Waals surface area contributed by atoms with Crippen LogP contribution in [0.3, 0.4) is 0 Å². The van der Waals surface area contributed by atoms with Crippen LogP contribution in [0.2, 0.25) is 0 Å². The molecule has 7 nitrogen and oxygen atoms in total. The van der Waals surface area contributed by atoms with Gasteiger partial charge in [0.05, 0.1) is 12.3 Å². The van der Waals surface area contributed by atoms with Gasteiger partial charge in [0.2, 0.25) is 0 Å². The van der Waals surface area contributed by atoms with E-state index in [0.29, 0.717) is 5.75 Å². The van der Waals surface area contributed by atoms with E-state index in [1.807, 2.05) is 0 Å². The van der Waals surface area contributed by atoms with Gasteiger partial charge in [0.15, 0.2) is 0 Å². The quantitative estimate of drug-likeness (QED) is 0.566. The number of hydrogen-bond donors (Lipinski definition) is 1. The largest absolute Gasteiger partial charge is 0.513 e. The van der Waals surface area contributed by atoms with Crippen molar-refractivity contribution in [1.29, 1.82) is 0 Å². The number of benzene rings is 1. The van der Waals surface area contributed by atoms with Crippen LogP contribution in [0.4, 0.5) is 0 Å². The van der Waals surface area contributed by atoms with Gasteiger partial charge >= 0.3 is 13.7 Å². The molecule has 2 aromatic rings. The van der Waals surface area contributed by atoms with E-state index in [4.69, 9.17) is 13.8 Å². The second-order valence-corrected chi connectivity index (χ2v) is 7.14. The molecule has 0 fully saturated rings. The monoisotopic (exact) mass is 364 g/mol. The summed E-state index contributed by atoms with van der Waals surface area (Å²) in [5.41, 5.74) is 0. The van der Waals surface area contributed by atoms with E-state index in [-0.39, 0.29) is 11.9 Å². The molecule has 0 aliphatic heterocycles. The molecule has 0 aliphatic rings. The van der Waals surface area contributed by atoms with Crippen LogP contribution in [0, 0.1) is 0 Å². The standard InChI is InChI=1S/C17H21N2O5P/c1-13(2)22-17(20)14(3)19-25(21,23-15-8-5-4-6-9-15)24-16-10-7-11-18-12-16/h4-14H,1-3H3,(H,19,21)/t14-,25?/m0/s1. The van der Waals surface area contributed by atoms with Gasteiger partial charge in [0.1, 0.15) is 17.5 Å². The van der Waals surface area contributed by atoms with E-state index in [2.05, 4.69) is 10.1 Å². The second kappa shape index (κ2) is 8.65. The lowest BCUT2D eigenvalue weighted by atomic mass is 10.3. The number of nitrogens with zero attached hydrogens (tertiary/aromatic N) is 1. The van der Waals surface area contributed by atoms with E-state index < -0.39 is 19.8 Å². The Kier molecular flexibility index (Phi) is 6.56. The summed E-state index contributed by atoms with van der Waals surface area (Å²) in [5.74, 6) is 0.0343. The molecule has 0 spiro atoms. The molecule has 1 aromatic carbocycles. The number of carbonyl (C=O) groups is 1. The molecule has 1 heterocycles. The summed E-state index contributed by atoms with van der Waals surface area (Å²) < 4.78 is 29.3. The summed E-state index contributed by atoms with van der Waals surface area (Å²) in [4.78, 5) is 15.9. The van der Waals surface area contributed by atoms with Crippen LogP contribution in [0.1, 0.15) is 20.8 Å². The number of carbonyl (C=O) groups excluding carboxylic acids is 1. The number of rotatable bonds is 8. The molecule has 0 saturated carbocycles. The zero-order valence-corrected chi connectivity index (χ0v) is 15.2. The molecule has 0 aliphatic carbocycles. The van der Waals surface area contributed by atoms with Crippen LogP contribution >= 0.6 is 7.75 Å². The van der Waals surface area contributed by atoms with E-state index in [1.165, 1.54) is 13.1 Å². The van der Waals surface area contributed by atoms with Crippen molar-refractivity contribution in [2.45, 2.75) is 32.9 Å². The lowest BCUT2D eigenvalue weighted by molar-refractivity contribution is -0.149. The fourth-order valence-corrected chi connectivity index (χ4v) is 3.36. The van der Waals surface area contributed by atoms with Crippen molar-refractivity contribution in [3.8, 4) is 11.5 Å². The first-order chi connectivity index (χ1) is 11.9. The number of ether oxygens (including phenoxy) is 1. The van der Waals surface area contributed by atoms with Crippen molar-refractivity contribution >= 4 is 13.7 Å². The zero-order chi connectivity index (χ0) is 18.3. The average molecular weight is 364 g/mol. The van der Waals surface area contributed by atoms with E-state index in [1.54, 1.807) is 62.5 Å². The summed E-state index contributed by atoms with van der Waals surface area (Å²) in [6.07, 6.45) is 2.68. The average Bonchev–Trinajstić information content (AvgIpc) is 2.55. The molecule has 8 heteroatoms. The fourth-order valence-electron chi connectivity index (χ4n) is 1.86. The molecule has 0 amide bonds. The van der Waals surface area contributed by atoms with Crippen molar-refractivity contribution in [2.24, 2.45) is 0 Å². The first-order valence-corrected chi connectivity index (χ1v) is 9.35. The van der Waals surface area contributed by atoms with Gasteiger partial charge < -0.3 is 13.8 Å². The minimum Gasteiger partial charge on any atom is -0.462 e. The Balaban J connectivity index is 2.19. The topological polar surface area (TPSA) is 86.8 Å². The van der Waals surface area contributed by atoms with Crippen LogP contribution in [0.25, 0.3) is 0 Å². The molecule has 2 rings (SSSR count). The lowest BCUT2D eigenvalue weighted by Crippen LogP contribution is -2.36. The van der Waals surface area contributed by atoms with Crippen molar-refractivity contribution in [1.82, 2.24) is 10.1 Å². The first-order valence-electron chi connectivity index (χ1n) is 7.80. The Morgan fingerprint density at radius 1 is 1.04 bits per heavy atom. The summed E-state index contributed by atoms with van der Waals surface area (Å²) in [7, 11) is -3.91. The molecule has 0 bridgehead atoms. The predicted octanol–water partition coefficient (Wildman–Crippen LogP) is 3.58. The Labute approximate surface area is 146 Å². The highest BCUT2D eigenvalue weighted by Crippen LogP contribution is 2.45. The molecule has 0 saturated heterocycles. The molecule has 1 N–H and O–H groups in total. The third-order valence-electron chi connectivity index (χ3n) is 2.89. The zero-order valence-electron chi connectivity index (χ0n) is 14.3. The Morgan fingerprint density at radius 2 is 1.68 bits per heavy atom. The Morgan fingerprint density at radius 3 is 2.28 bits per heavy atom. The number of pyridine rings is 1. The third-order valence-corrected chi connectivity index (χ3v) is 4.49. The summed E-state index contributed by atoms with van der Waals surface area (Å²) in [5, 5.41) is 2.60. The van der Waals surface area contributed by atoms with Crippen molar-refractivity contribution in [2.75, 3.05) is 0 Å². The van der Waals surface area contributed by atoms with Crippen LogP contribution < -0.4 is 14.1 Å². The van der Waals surface area contributed by atoms with Crippen molar-refractivity contribution in [3.05, 3.63) is 54.9 Å². The Hall–Kier alpha value is -2.37. The highest BCUT2D eigenvalue weighted by Gasteiger charge is 2.34. The SMILES string of the molecule is CC(C)OC(=O)[C@H](C)NP(=O)(Oc1ccccc1)Oc1cccnc1. The number of esters is 1.